The standard InChI is InChI=1S/C20H19ClN2O4/c21-16-8-12(9-17-19(16)27-7-6-26-17)10-18(24)22-15-3-1-2-13(11-15)20(25)23-14-4-5-14/h1-3,8-9,11,14H,4-7,10H2,(H,22,24)(H,23,25). The molecule has 0 spiro atoms. The summed E-state index contributed by atoms with van der Waals surface area (Å²) in [7, 11) is 0. The first kappa shape index (κ1) is 17.7. The number of nitrogens with one attached hydrogen (secondary N) is 2. The first-order valence-corrected chi connectivity index (χ1v) is 9.25. The predicted octanol–water partition coefficient (Wildman–Crippen LogP) is 3.18. The molecule has 2 aromatic carbocycles. The van der Waals surface area contributed by atoms with Crippen molar-refractivity contribution >= 4 is 29.1 Å². The fourth-order valence-electron chi connectivity index (χ4n) is 2.89. The van der Waals surface area contributed by atoms with Gasteiger partial charge in [0.05, 0.1) is 11.4 Å². The Bertz CT molecular complexity index is 896. The largest absolute Gasteiger partial charge is 0.486 e. The van der Waals surface area contributed by atoms with Crippen LogP contribution in [-0.2, 0) is 11.2 Å². The van der Waals surface area contributed by atoms with Crippen molar-refractivity contribution < 1.29 is 19.1 Å². The second-order valence-corrected chi connectivity index (χ2v) is 7.06. The number of hydrogen-bond acceptors (Lipinski definition) is 4. The number of carbonyl (C=O) groups is 2. The van der Waals surface area contributed by atoms with Crippen LogP contribution >= 0.6 is 11.6 Å². The van der Waals surface area contributed by atoms with Crippen molar-refractivity contribution in [2.45, 2.75) is 25.3 Å². The summed E-state index contributed by atoms with van der Waals surface area (Å²) in [4.78, 5) is 24.5. The van der Waals surface area contributed by atoms with Crippen LogP contribution in [0.15, 0.2) is 36.4 Å². The molecule has 1 aliphatic carbocycles. The van der Waals surface area contributed by atoms with Gasteiger partial charge in [0.25, 0.3) is 5.91 Å². The molecule has 0 atom stereocenters. The molecular formula is C20H19ClN2O4. The lowest BCUT2D eigenvalue weighted by molar-refractivity contribution is -0.115. The highest BCUT2D eigenvalue weighted by Gasteiger charge is 2.24. The lowest BCUT2D eigenvalue weighted by atomic mass is 10.1. The van der Waals surface area contributed by atoms with E-state index in [0.29, 0.717) is 41.0 Å². The van der Waals surface area contributed by atoms with Crippen LogP contribution in [0.3, 0.4) is 0 Å². The van der Waals surface area contributed by atoms with Crippen molar-refractivity contribution in [1.82, 2.24) is 5.32 Å². The summed E-state index contributed by atoms with van der Waals surface area (Å²) in [5.41, 5.74) is 1.83. The molecule has 27 heavy (non-hydrogen) atoms. The SMILES string of the molecule is O=C(Cc1cc(Cl)c2c(c1)OCCO2)Nc1cccc(C(=O)NC2CC2)c1. The Morgan fingerprint density at radius 1 is 1.11 bits per heavy atom. The molecule has 1 heterocycles. The Kier molecular flexibility index (Phi) is 4.90. The molecule has 140 valence electrons. The minimum atomic E-state index is -0.206. The van der Waals surface area contributed by atoms with E-state index in [0.717, 1.165) is 18.4 Å². The van der Waals surface area contributed by atoms with Gasteiger partial charge in [0.15, 0.2) is 11.5 Å². The van der Waals surface area contributed by atoms with Gasteiger partial charge < -0.3 is 20.1 Å². The van der Waals surface area contributed by atoms with Gasteiger partial charge in [0.1, 0.15) is 13.2 Å². The summed E-state index contributed by atoms with van der Waals surface area (Å²) in [5.74, 6) is 0.742. The Morgan fingerprint density at radius 2 is 1.93 bits per heavy atom. The molecular weight excluding hydrogens is 368 g/mol. The van der Waals surface area contributed by atoms with Crippen molar-refractivity contribution in [3.63, 3.8) is 0 Å². The fourth-order valence-corrected chi connectivity index (χ4v) is 3.18. The second kappa shape index (κ2) is 7.48. The van der Waals surface area contributed by atoms with Gasteiger partial charge in [-0.2, -0.15) is 0 Å². The quantitative estimate of drug-likeness (QED) is 0.827. The second-order valence-electron chi connectivity index (χ2n) is 6.66. The Morgan fingerprint density at radius 3 is 2.74 bits per heavy atom. The van der Waals surface area contributed by atoms with E-state index in [9.17, 15) is 9.59 Å². The summed E-state index contributed by atoms with van der Waals surface area (Å²) < 4.78 is 11.0. The van der Waals surface area contributed by atoms with Gasteiger partial charge in [-0.15, -0.1) is 0 Å². The lowest BCUT2D eigenvalue weighted by Crippen LogP contribution is -2.25. The van der Waals surface area contributed by atoms with Crippen molar-refractivity contribution in [2.24, 2.45) is 0 Å². The summed E-state index contributed by atoms with van der Waals surface area (Å²) in [6, 6.07) is 10.7. The summed E-state index contributed by atoms with van der Waals surface area (Å²) in [6.07, 6.45) is 2.19. The van der Waals surface area contributed by atoms with Crippen LogP contribution in [0.2, 0.25) is 5.02 Å². The van der Waals surface area contributed by atoms with Crippen LogP contribution in [0.1, 0.15) is 28.8 Å². The predicted molar refractivity (Wildman–Crippen MR) is 102 cm³/mol. The molecule has 1 aliphatic heterocycles. The molecule has 2 aliphatic rings. The third kappa shape index (κ3) is 4.34. The molecule has 2 N–H and O–H groups in total. The van der Waals surface area contributed by atoms with E-state index in [1.807, 2.05) is 0 Å². The molecule has 0 unspecified atom stereocenters. The number of fused-ring (bicyclic) bond motifs is 1. The molecule has 2 aromatic rings. The number of anilines is 1. The number of carbonyl (C=O) groups excluding carboxylic acids is 2. The molecule has 6 nitrogen and oxygen atoms in total. The normalized spacial score (nSPS) is 15.1. The van der Waals surface area contributed by atoms with Crippen LogP contribution in [0.4, 0.5) is 5.69 Å². The molecule has 0 bridgehead atoms. The van der Waals surface area contributed by atoms with Gasteiger partial charge in [-0.25, -0.2) is 0 Å². The van der Waals surface area contributed by atoms with E-state index < -0.39 is 0 Å². The van der Waals surface area contributed by atoms with E-state index in [1.54, 1.807) is 36.4 Å². The van der Waals surface area contributed by atoms with Crippen LogP contribution < -0.4 is 20.1 Å². The average Bonchev–Trinajstić information content (AvgIpc) is 3.46. The van der Waals surface area contributed by atoms with Crippen molar-refractivity contribution in [3.8, 4) is 11.5 Å². The zero-order chi connectivity index (χ0) is 18.8. The number of amides is 2. The van der Waals surface area contributed by atoms with E-state index in [-0.39, 0.29) is 24.3 Å². The highest BCUT2D eigenvalue weighted by molar-refractivity contribution is 6.32. The Labute approximate surface area is 161 Å². The van der Waals surface area contributed by atoms with E-state index in [4.69, 9.17) is 21.1 Å². The minimum absolute atomic E-state index is 0.118. The van der Waals surface area contributed by atoms with Crippen molar-refractivity contribution in [1.29, 1.82) is 0 Å². The van der Waals surface area contributed by atoms with E-state index in [1.165, 1.54) is 0 Å². The molecule has 2 amide bonds. The van der Waals surface area contributed by atoms with Crippen LogP contribution in [-0.4, -0.2) is 31.1 Å². The minimum Gasteiger partial charge on any atom is -0.486 e. The first-order chi connectivity index (χ1) is 13.1. The van der Waals surface area contributed by atoms with E-state index in [2.05, 4.69) is 10.6 Å². The zero-order valence-corrected chi connectivity index (χ0v) is 15.3. The number of rotatable bonds is 5. The Hall–Kier alpha value is -2.73. The maximum Gasteiger partial charge on any atom is 0.251 e. The third-order valence-corrected chi connectivity index (χ3v) is 4.62. The van der Waals surface area contributed by atoms with Gasteiger partial charge in [-0.05, 0) is 48.7 Å². The van der Waals surface area contributed by atoms with Crippen molar-refractivity contribution in [3.05, 3.63) is 52.5 Å². The first-order valence-electron chi connectivity index (χ1n) is 8.87. The molecule has 1 fully saturated rings. The van der Waals surface area contributed by atoms with Gasteiger partial charge >= 0.3 is 0 Å². The summed E-state index contributed by atoms with van der Waals surface area (Å²) in [6.45, 7) is 0.909. The Balaban J connectivity index is 1.42. The van der Waals surface area contributed by atoms with Crippen LogP contribution in [0.5, 0.6) is 11.5 Å². The highest BCUT2D eigenvalue weighted by atomic mass is 35.5. The van der Waals surface area contributed by atoms with Gasteiger partial charge in [0, 0.05) is 17.3 Å². The third-order valence-electron chi connectivity index (χ3n) is 4.34. The molecule has 0 aromatic heterocycles. The van der Waals surface area contributed by atoms with Crippen molar-refractivity contribution in [2.75, 3.05) is 18.5 Å². The number of benzene rings is 2. The number of ether oxygens (including phenoxy) is 2. The average molecular weight is 387 g/mol. The van der Waals surface area contributed by atoms with Crippen LogP contribution in [0.25, 0.3) is 0 Å². The summed E-state index contributed by atoms with van der Waals surface area (Å²) >= 11 is 6.21. The smallest absolute Gasteiger partial charge is 0.251 e. The van der Waals surface area contributed by atoms with Gasteiger partial charge in [-0.3, -0.25) is 9.59 Å². The molecule has 0 saturated heterocycles. The number of halogens is 1. The maximum atomic E-state index is 12.4. The molecule has 0 radical (unpaired) electrons. The van der Waals surface area contributed by atoms with Gasteiger partial charge in [-0.1, -0.05) is 17.7 Å². The molecule has 1 saturated carbocycles. The fraction of sp³-hybridized carbons (Fsp3) is 0.300. The zero-order valence-electron chi connectivity index (χ0n) is 14.6. The molecule has 7 heteroatoms. The maximum absolute atomic E-state index is 12.4. The monoisotopic (exact) mass is 386 g/mol. The lowest BCUT2D eigenvalue weighted by Gasteiger charge is -2.20. The van der Waals surface area contributed by atoms with Gasteiger partial charge in [0.2, 0.25) is 5.91 Å². The number of hydrogen-bond donors (Lipinski definition) is 2. The summed E-state index contributed by atoms with van der Waals surface area (Å²) in [5, 5.41) is 6.18. The highest BCUT2D eigenvalue weighted by Crippen LogP contribution is 2.38. The van der Waals surface area contributed by atoms with E-state index >= 15 is 0 Å². The molecule has 4 rings (SSSR count). The topological polar surface area (TPSA) is 76.7 Å². The van der Waals surface area contributed by atoms with Crippen LogP contribution in [0, 0.1) is 0 Å².